The molecule has 0 heterocycles. The maximum atomic E-state index is 12.0. The topological polar surface area (TPSA) is 95.7 Å². The summed E-state index contributed by atoms with van der Waals surface area (Å²) >= 11 is 0. The second-order valence-corrected chi connectivity index (χ2v) is 5.65. The Kier molecular flexibility index (Phi) is 6.43. The molecule has 0 fully saturated rings. The zero-order chi connectivity index (χ0) is 19.1. The molecule has 0 spiro atoms. The van der Waals surface area contributed by atoms with Gasteiger partial charge in [-0.2, -0.15) is 0 Å². The number of rotatable bonds is 7. The monoisotopic (exact) mass is 357 g/mol. The molecule has 0 bridgehead atoms. The van der Waals surface area contributed by atoms with Gasteiger partial charge in [-0.15, -0.1) is 0 Å². The minimum Gasteiger partial charge on any atom is -0.457 e. The largest absolute Gasteiger partial charge is 0.457 e. The lowest BCUT2D eigenvalue weighted by molar-refractivity contribution is -0.385. The summed E-state index contributed by atoms with van der Waals surface area (Å²) in [6.07, 6.45) is -0.399. The molecule has 1 unspecified atom stereocenters. The van der Waals surface area contributed by atoms with Gasteiger partial charge in [0, 0.05) is 11.6 Å². The van der Waals surface area contributed by atoms with Crippen LogP contribution in [0.4, 0.5) is 5.69 Å². The van der Waals surface area contributed by atoms with Crippen LogP contribution in [-0.2, 0) is 14.3 Å². The van der Waals surface area contributed by atoms with Crippen LogP contribution in [0, 0.1) is 17.0 Å². The standard InChI is InChI=1S/C19H19NO6/c1-3-17(14-7-5-4-6-8-14)26-19(22)12-18(21)25-15-9-10-16(20(23)24)13(2)11-15/h4-11,17H,3,12H2,1-2H3. The third kappa shape index (κ3) is 5.14. The van der Waals surface area contributed by atoms with Gasteiger partial charge >= 0.3 is 11.9 Å². The maximum absolute atomic E-state index is 12.0. The molecular formula is C19H19NO6. The van der Waals surface area contributed by atoms with Crippen molar-refractivity contribution in [2.45, 2.75) is 32.8 Å². The van der Waals surface area contributed by atoms with Gasteiger partial charge in [0.2, 0.25) is 0 Å². The number of hydrogen-bond acceptors (Lipinski definition) is 6. The molecule has 0 aromatic heterocycles. The number of ether oxygens (including phenoxy) is 2. The van der Waals surface area contributed by atoms with Crippen molar-refractivity contribution < 1.29 is 24.0 Å². The first kappa shape index (κ1) is 19.1. The second kappa shape index (κ2) is 8.75. The highest BCUT2D eigenvalue weighted by Crippen LogP contribution is 2.24. The SMILES string of the molecule is CCC(OC(=O)CC(=O)Oc1ccc([N+](=O)[O-])c(C)c1)c1ccccc1. The number of carbonyl (C=O) groups excluding carboxylic acids is 2. The van der Waals surface area contributed by atoms with Gasteiger partial charge in [0.1, 0.15) is 18.3 Å². The van der Waals surface area contributed by atoms with Crippen LogP contribution in [0.15, 0.2) is 48.5 Å². The van der Waals surface area contributed by atoms with E-state index in [1.54, 1.807) is 0 Å². The number of carbonyl (C=O) groups is 2. The van der Waals surface area contributed by atoms with E-state index in [0.717, 1.165) is 5.56 Å². The number of benzene rings is 2. The third-order valence-electron chi connectivity index (χ3n) is 3.70. The van der Waals surface area contributed by atoms with Gasteiger partial charge in [-0.05, 0) is 31.0 Å². The first-order chi connectivity index (χ1) is 12.4. The second-order valence-electron chi connectivity index (χ2n) is 5.65. The highest BCUT2D eigenvalue weighted by atomic mass is 16.6. The van der Waals surface area contributed by atoms with Crippen molar-refractivity contribution in [2.75, 3.05) is 0 Å². The Bertz CT molecular complexity index is 803. The summed E-state index contributed by atoms with van der Waals surface area (Å²) in [7, 11) is 0. The molecule has 0 aliphatic carbocycles. The fourth-order valence-corrected chi connectivity index (χ4v) is 2.44. The molecule has 0 aliphatic rings. The molecule has 1 atom stereocenters. The molecule has 2 aromatic rings. The minimum atomic E-state index is -0.786. The predicted molar refractivity (Wildman–Crippen MR) is 93.7 cm³/mol. The predicted octanol–water partition coefficient (Wildman–Crippen LogP) is 3.89. The van der Waals surface area contributed by atoms with Gasteiger partial charge in [-0.3, -0.25) is 19.7 Å². The Balaban J connectivity index is 1.93. The summed E-state index contributed by atoms with van der Waals surface area (Å²) in [6.45, 7) is 3.42. The van der Waals surface area contributed by atoms with Crippen LogP contribution >= 0.6 is 0 Å². The first-order valence-electron chi connectivity index (χ1n) is 8.10. The zero-order valence-corrected chi connectivity index (χ0v) is 14.5. The average molecular weight is 357 g/mol. The van der Waals surface area contributed by atoms with Crippen LogP contribution in [0.3, 0.4) is 0 Å². The lowest BCUT2D eigenvalue weighted by atomic mass is 10.1. The molecule has 2 rings (SSSR count). The van der Waals surface area contributed by atoms with Gasteiger partial charge < -0.3 is 9.47 Å². The summed E-state index contributed by atoms with van der Waals surface area (Å²) in [4.78, 5) is 34.2. The summed E-state index contributed by atoms with van der Waals surface area (Å²) in [5, 5.41) is 10.8. The van der Waals surface area contributed by atoms with Crippen molar-refractivity contribution in [1.29, 1.82) is 0 Å². The van der Waals surface area contributed by atoms with Crippen LogP contribution in [-0.4, -0.2) is 16.9 Å². The Morgan fingerprint density at radius 3 is 2.38 bits per heavy atom. The van der Waals surface area contributed by atoms with Gasteiger partial charge in [0.05, 0.1) is 4.92 Å². The molecule has 0 saturated heterocycles. The van der Waals surface area contributed by atoms with Crippen molar-refractivity contribution in [1.82, 2.24) is 0 Å². The van der Waals surface area contributed by atoms with Crippen molar-refractivity contribution >= 4 is 17.6 Å². The Morgan fingerprint density at radius 1 is 1.12 bits per heavy atom. The lowest BCUT2D eigenvalue weighted by Crippen LogP contribution is -2.18. The normalized spacial score (nSPS) is 11.5. The van der Waals surface area contributed by atoms with Crippen LogP contribution in [0.1, 0.15) is 37.0 Å². The molecule has 0 N–H and O–H groups in total. The molecule has 2 aromatic carbocycles. The van der Waals surface area contributed by atoms with Crippen molar-refractivity contribution in [3.63, 3.8) is 0 Å². The zero-order valence-electron chi connectivity index (χ0n) is 14.5. The Labute approximate surface area is 150 Å². The molecule has 7 nitrogen and oxygen atoms in total. The molecule has 0 amide bonds. The number of hydrogen-bond donors (Lipinski definition) is 0. The Hall–Kier alpha value is -3.22. The van der Waals surface area contributed by atoms with E-state index in [1.165, 1.54) is 25.1 Å². The summed E-state index contributed by atoms with van der Waals surface area (Å²) in [5.41, 5.74) is 1.14. The minimum absolute atomic E-state index is 0.0714. The van der Waals surface area contributed by atoms with Crippen LogP contribution in [0.2, 0.25) is 0 Å². The van der Waals surface area contributed by atoms with Crippen molar-refractivity contribution in [3.05, 3.63) is 69.8 Å². The molecule has 0 saturated carbocycles. The average Bonchev–Trinajstić information content (AvgIpc) is 2.60. The third-order valence-corrected chi connectivity index (χ3v) is 3.70. The van der Waals surface area contributed by atoms with Gasteiger partial charge in [-0.25, -0.2) is 0 Å². The smallest absolute Gasteiger partial charge is 0.322 e. The van der Waals surface area contributed by atoms with Gasteiger partial charge in [0.15, 0.2) is 0 Å². The molecule has 0 radical (unpaired) electrons. The maximum Gasteiger partial charge on any atom is 0.322 e. The van der Waals surface area contributed by atoms with Crippen molar-refractivity contribution in [2.24, 2.45) is 0 Å². The van der Waals surface area contributed by atoms with E-state index in [1.807, 2.05) is 37.3 Å². The van der Waals surface area contributed by atoms with Crippen LogP contribution in [0.25, 0.3) is 0 Å². The molecule has 0 aliphatic heterocycles. The summed E-state index contributed by atoms with van der Waals surface area (Å²) in [5.74, 6) is -1.34. The number of esters is 2. The first-order valence-corrected chi connectivity index (χ1v) is 8.10. The Morgan fingerprint density at radius 2 is 1.81 bits per heavy atom. The molecule has 136 valence electrons. The van der Waals surface area contributed by atoms with E-state index in [2.05, 4.69) is 0 Å². The van der Waals surface area contributed by atoms with E-state index in [4.69, 9.17) is 9.47 Å². The van der Waals surface area contributed by atoms with E-state index < -0.39 is 29.4 Å². The van der Waals surface area contributed by atoms with E-state index in [9.17, 15) is 19.7 Å². The molecule has 26 heavy (non-hydrogen) atoms. The fraction of sp³-hybridized carbons (Fsp3) is 0.263. The number of nitrogens with zero attached hydrogens (tertiary/aromatic N) is 1. The summed E-state index contributed by atoms with van der Waals surface area (Å²) in [6, 6.07) is 13.2. The highest BCUT2D eigenvalue weighted by Gasteiger charge is 2.19. The van der Waals surface area contributed by atoms with Gasteiger partial charge in [-0.1, -0.05) is 37.3 Å². The quantitative estimate of drug-likeness (QED) is 0.245. The van der Waals surface area contributed by atoms with E-state index in [-0.39, 0.29) is 11.4 Å². The lowest BCUT2D eigenvalue weighted by Gasteiger charge is -2.16. The molecule has 7 heteroatoms. The van der Waals surface area contributed by atoms with Crippen molar-refractivity contribution in [3.8, 4) is 5.75 Å². The number of nitro groups is 1. The van der Waals surface area contributed by atoms with Crippen LogP contribution in [0.5, 0.6) is 5.75 Å². The van der Waals surface area contributed by atoms with Gasteiger partial charge in [0.25, 0.3) is 5.69 Å². The number of aryl methyl sites for hydroxylation is 1. The van der Waals surface area contributed by atoms with E-state index in [0.29, 0.717) is 12.0 Å². The van der Waals surface area contributed by atoms with E-state index >= 15 is 0 Å². The fourth-order valence-electron chi connectivity index (χ4n) is 2.44. The highest BCUT2D eigenvalue weighted by molar-refractivity contribution is 5.92. The molecular weight excluding hydrogens is 338 g/mol. The van der Waals surface area contributed by atoms with Crippen LogP contribution < -0.4 is 4.74 Å². The number of nitro benzene ring substituents is 1. The summed E-state index contributed by atoms with van der Waals surface area (Å²) < 4.78 is 10.4.